The molecule has 0 bridgehead atoms. The SMILES string of the molecule is C#CC(C)(C)Oc1nc(NN)ncc1[N+](=O)[O-]. The van der Waals surface area contributed by atoms with Crippen LogP contribution < -0.4 is 16.0 Å². The molecule has 0 unspecified atom stereocenters. The second-order valence-corrected chi connectivity index (χ2v) is 3.54. The Bertz CT molecular complexity index is 480. The zero-order valence-corrected chi connectivity index (χ0v) is 9.30. The Hall–Kier alpha value is -2.40. The quantitative estimate of drug-likeness (QED) is 0.338. The predicted molar refractivity (Wildman–Crippen MR) is 60.0 cm³/mol. The van der Waals surface area contributed by atoms with Gasteiger partial charge in [-0.1, -0.05) is 5.92 Å². The van der Waals surface area contributed by atoms with E-state index < -0.39 is 10.5 Å². The highest BCUT2D eigenvalue weighted by atomic mass is 16.6. The third-order valence-electron chi connectivity index (χ3n) is 1.76. The molecular weight excluding hydrogens is 226 g/mol. The molecule has 0 aromatic carbocycles. The van der Waals surface area contributed by atoms with Crippen molar-refractivity contribution >= 4 is 11.6 Å². The summed E-state index contributed by atoms with van der Waals surface area (Å²) in [5.74, 6) is 7.20. The molecule has 0 aliphatic carbocycles. The summed E-state index contributed by atoms with van der Waals surface area (Å²) in [6, 6.07) is 0. The molecule has 0 amide bonds. The van der Waals surface area contributed by atoms with Crippen molar-refractivity contribution in [2.75, 3.05) is 5.43 Å². The summed E-state index contributed by atoms with van der Waals surface area (Å²) in [6.07, 6.45) is 6.21. The maximum atomic E-state index is 10.7. The summed E-state index contributed by atoms with van der Waals surface area (Å²) in [7, 11) is 0. The highest BCUT2D eigenvalue weighted by Gasteiger charge is 2.25. The van der Waals surface area contributed by atoms with Gasteiger partial charge in [-0.05, 0) is 13.8 Å². The van der Waals surface area contributed by atoms with Crippen LogP contribution in [0.15, 0.2) is 6.20 Å². The van der Waals surface area contributed by atoms with Gasteiger partial charge in [0.2, 0.25) is 5.95 Å². The van der Waals surface area contributed by atoms with Crippen LogP contribution in [0.25, 0.3) is 0 Å². The summed E-state index contributed by atoms with van der Waals surface area (Å²) >= 11 is 0. The molecule has 0 saturated heterocycles. The predicted octanol–water partition coefficient (Wildman–Crippen LogP) is 0.461. The number of nitrogens with two attached hydrogens (primary N) is 1. The number of aromatic nitrogens is 2. The number of ether oxygens (including phenoxy) is 1. The smallest absolute Gasteiger partial charge is 0.349 e. The number of nitro groups is 1. The van der Waals surface area contributed by atoms with Gasteiger partial charge in [-0.3, -0.25) is 15.5 Å². The summed E-state index contributed by atoms with van der Waals surface area (Å²) in [5.41, 5.74) is 0.756. The number of nitrogen functional groups attached to an aromatic ring is 1. The van der Waals surface area contributed by atoms with Crippen molar-refractivity contribution in [1.82, 2.24) is 9.97 Å². The van der Waals surface area contributed by atoms with E-state index in [0.29, 0.717) is 0 Å². The standard InChI is InChI=1S/C9H11N5O3/c1-4-9(2,3)17-7-6(14(15)16)5-11-8(12-7)13-10/h1,5H,10H2,2-3H3,(H,11,12,13). The average molecular weight is 237 g/mol. The van der Waals surface area contributed by atoms with E-state index in [0.717, 1.165) is 6.20 Å². The lowest BCUT2D eigenvalue weighted by molar-refractivity contribution is -0.386. The van der Waals surface area contributed by atoms with Crippen LogP contribution in [0.3, 0.4) is 0 Å². The van der Waals surface area contributed by atoms with E-state index in [-0.39, 0.29) is 17.5 Å². The topological polar surface area (TPSA) is 116 Å². The van der Waals surface area contributed by atoms with Gasteiger partial charge < -0.3 is 4.74 Å². The lowest BCUT2D eigenvalue weighted by Gasteiger charge is -2.18. The zero-order valence-electron chi connectivity index (χ0n) is 9.30. The van der Waals surface area contributed by atoms with Gasteiger partial charge in [-0.15, -0.1) is 6.42 Å². The Balaban J connectivity index is 3.19. The summed E-state index contributed by atoms with van der Waals surface area (Å²) in [4.78, 5) is 17.4. The molecule has 90 valence electrons. The van der Waals surface area contributed by atoms with Crippen LogP contribution >= 0.6 is 0 Å². The highest BCUT2D eigenvalue weighted by molar-refractivity contribution is 5.43. The van der Waals surface area contributed by atoms with Crippen molar-refractivity contribution in [1.29, 1.82) is 0 Å². The van der Waals surface area contributed by atoms with Crippen LogP contribution in [0.4, 0.5) is 11.6 Å². The first-order chi connectivity index (χ1) is 7.89. The Kier molecular flexibility index (Phi) is 3.45. The van der Waals surface area contributed by atoms with Gasteiger partial charge in [0.15, 0.2) is 5.60 Å². The molecule has 17 heavy (non-hydrogen) atoms. The molecule has 0 fully saturated rings. The van der Waals surface area contributed by atoms with Crippen molar-refractivity contribution < 1.29 is 9.66 Å². The second-order valence-electron chi connectivity index (χ2n) is 3.54. The van der Waals surface area contributed by atoms with Gasteiger partial charge in [-0.2, -0.15) is 4.98 Å². The number of rotatable bonds is 4. The molecule has 8 nitrogen and oxygen atoms in total. The number of hydrogen-bond donors (Lipinski definition) is 2. The van der Waals surface area contributed by atoms with E-state index in [1.54, 1.807) is 13.8 Å². The first-order valence-electron chi connectivity index (χ1n) is 4.54. The molecule has 8 heteroatoms. The zero-order chi connectivity index (χ0) is 13.1. The van der Waals surface area contributed by atoms with Gasteiger partial charge in [0, 0.05) is 0 Å². The fourth-order valence-corrected chi connectivity index (χ4v) is 0.901. The molecule has 0 saturated carbocycles. The molecule has 0 radical (unpaired) electrons. The van der Waals surface area contributed by atoms with Gasteiger partial charge in [0.05, 0.1) is 4.92 Å². The summed E-state index contributed by atoms with van der Waals surface area (Å²) in [6.45, 7) is 3.16. The van der Waals surface area contributed by atoms with Gasteiger partial charge in [-0.25, -0.2) is 10.8 Å². The molecule has 0 atom stereocenters. The van der Waals surface area contributed by atoms with Crippen molar-refractivity contribution in [3.8, 4) is 18.2 Å². The van der Waals surface area contributed by atoms with Crippen LogP contribution in [-0.4, -0.2) is 20.5 Å². The molecular formula is C9H11N5O3. The van der Waals surface area contributed by atoms with Crippen LogP contribution in [-0.2, 0) is 0 Å². The monoisotopic (exact) mass is 237 g/mol. The van der Waals surface area contributed by atoms with Crippen molar-refractivity contribution in [3.05, 3.63) is 16.3 Å². The minimum atomic E-state index is -1.02. The average Bonchev–Trinajstić information content (AvgIpc) is 2.28. The molecule has 0 spiro atoms. The first kappa shape index (κ1) is 12.7. The number of nitrogens with one attached hydrogen (secondary N) is 1. The number of hydrazine groups is 1. The highest BCUT2D eigenvalue weighted by Crippen LogP contribution is 2.27. The fraction of sp³-hybridized carbons (Fsp3) is 0.333. The molecule has 1 aromatic heterocycles. The van der Waals surface area contributed by atoms with Gasteiger partial charge in [0.25, 0.3) is 0 Å². The molecule has 0 aliphatic heterocycles. The molecule has 1 aromatic rings. The van der Waals surface area contributed by atoms with Gasteiger partial charge in [0.1, 0.15) is 6.20 Å². The maximum Gasteiger partial charge on any atom is 0.349 e. The number of nitrogens with zero attached hydrogens (tertiary/aromatic N) is 3. The minimum absolute atomic E-state index is 0.00146. The first-order valence-corrected chi connectivity index (χ1v) is 4.54. The lowest BCUT2D eigenvalue weighted by Crippen LogP contribution is -2.27. The lowest BCUT2D eigenvalue weighted by atomic mass is 10.1. The third kappa shape index (κ3) is 3.02. The second kappa shape index (κ2) is 4.63. The van der Waals surface area contributed by atoms with Crippen LogP contribution in [0.5, 0.6) is 5.88 Å². The van der Waals surface area contributed by atoms with E-state index in [1.165, 1.54) is 0 Å². The molecule has 1 rings (SSSR count). The molecule has 3 N–H and O–H groups in total. The number of anilines is 1. The van der Waals surface area contributed by atoms with E-state index in [4.69, 9.17) is 17.0 Å². The van der Waals surface area contributed by atoms with Crippen molar-refractivity contribution in [2.24, 2.45) is 5.84 Å². The van der Waals surface area contributed by atoms with Crippen molar-refractivity contribution in [2.45, 2.75) is 19.4 Å². The van der Waals surface area contributed by atoms with Crippen molar-refractivity contribution in [3.63, 3.8) is 0 Å². The van der Waals surface area contributed by atoms with E-state index in [1.807, 2.05) is 0 Å². The summed E-state index contributed by atoms with van der Waals surface area (Å²) in [5, 5.41) is 10.7. The fourth-order valence-electron chi connectivity index (χ4n) is 0.901. The number of terminal acetylenes is 1. The van der Waals surface area contributed by atoms with Crippen LogP contribution in [0.1, 0.15) is 13.8 Å². The molecule has 0 aliphatic rings. The summed E-state index contributed by atoms with van der Waals surface area (Å²) < 4.78 is 5.26. The van der Waals surface area contributed by atoms with Crippen LogP contribution in [0, 0.1) is 22.5 Å². The number of hydrogen-bond acceptors (Lipinski definition) is 7. The Labute approximate surface area is 97.3 Å². The maximum absolute atomic E-state index is 10.7. The molecule has 1 heterocycles. The third-order valence-corrected chi connectivity index (χ3v) is 1.76. The minimum Gasteiger partial charge on any atom is -0.453 e. The van der Waals surface area contributed by atoms with Gasteiger partial charge >= 0.3 is 11.6 Å². The normalized spacial score (nSPS) is 10.5. The Morgan fingerprint density at radius 2 is 2.35 bits per heavy atom. The Morgan fingerprint density at radius 1 is 1.71 bits per heavy atom. The van der Waals surface area contributed by atoms with E-state index in [2.05, 4.69) is 21.3 Å². The largest absolute Gasteiger partial charge is 0.453 e. The van der Waals surface area contributed by atoms with E-state index >= 15 is 0 Å². The Morgan fingerprint density at radius 3 is 2.82 bits per heavy atom. The van der Waals surface area contributed by atoms with E-state index in [9.17, 15) is 10.1 Å². The van der Waals surface area contributed by atoms with Crippen LogP contribution in [0.2, 0.25) is 0 Å².